The minimum Gasteiger partial charge on any atom is -0.481 e. The van der Waals surface area contributed by atoms with Crippen LogP contribution in [0.25, 0.3) is 6.08 Å². The van der Waals surface area contributed by atoms with E-state index in [9.17, 15) is 19.2 Å². The Balaban J connectivity index is 2.18. The second kappa shape index (κ2) is 9.05. The molecule has 0 radical (unpaired) electrons. The molecule has 1 saturated heterocycles. The molecule has 0 spiro atoms. The SMILES string of the molecule is CCOC(=O)[C@H](C)N1C(=O)S/C(=C\c2ccc(OCC(=O)O)c(Br)c2)C1=O. The lowest BCUT2D eigenvalue weighted by Gasteiger charge is -2.19. The van der Waals surface area contributed by atoms with E-state index in [1.807, 2.05) is 0 Å². The molecule has 0 aromatic heterocycles. The van der Waals surface area contributed by atoms with Gasteiger partial charge in [0.05, 0.1) is 16.0 Å². The predicted molar refractivity (Wildman–Crippen MR) is 101 cm³/mol. The Hall–Kier alpha value is -2.33. The van der Waals surface area contributed by atoms with E-state index in [-0.39, 0.29) is 11.5 Å². The molecule has 0 aliphatic carbocycles. The zero-order valence-electron chi connectivity index (χ0n) is 14.4. The van der Waals surface area contributed by atoms with Gasteiger partial charge in [0.15, 0.2) is 6.61 Å². The number of carbonyl (C=O) groups excluding carboxylic acids is 3. The number of imide groups is 1. The zero-order chi connectivity index (χ0) is 20.1. The summed E-state index contributed by atoms with van der Waals surface area (Å²) in [6.07, 6.45) is 1.51. The standard InChI is InChI=1S/C17H16BrNO7S/c1-3-25-16(23)9(2)19-15(22)13(27-17(19)24)7-10-4-5-12(11(18)6-10)26-8-14(20)21/h4-7,9H,3,8H2,1-2H3,(H,20,21)/b13-7-/t9-/m0/s1. The summed E-state index contributed by atoms with van der Waals surface area (Å²) in [4.78, 5) is 48.1. The molecular formula is C17H16BrNO7S. The molecule has 0 unspecified atom stereocenters. The fraction of sp³-hybridized carbons (Fsp3) is 0.294. The average molecular weight is 458 g/mol. The Bertz CT molecular complexity index is 823. The fourth-order valence-electron chi connectivity index (χ4n) is 2.20. The Kier molecular flexibility index (Phi) is 7.03. The third-order valence-corrected chi connectivity index (χ3v) is 4.95. The number of aliphatic carboxylic acids is 1. The first kappa shape index (κ1) is 21.0. The Morgan fingerprint density at radius 2 is 2.07 bits per heavy atom. The highest BCUT2D eigenvalue weighted by atomic mass is 79.9. The second-order valence-corrected chi connectivity index (χ2v) is 7.20. The van der Waals surface area contributed by atoms with E-state index in [0.29, 0.717) is 15.8 Å². The summed E-state index contributed by atoms with van der Waals surface area (Å²) in [5.74, 6) is -1.99. The van der Waals surface area contributed by atoms with Crippen molar-refractivity contribution in [1.29, 1.82) is 0 Å². The highest BCUT2D eigenvalue weighted by Gasteiger charge is 2.41. The van der Waals surface area contributed by atoms with Crippen LogP contribution in [0.4, 0.5) is 4.79 Å². The number of amides is 2. The van der Waals surface area contributed by atoms with E-state index in [0.717, 1.165) is 16.7 Å². The predicted octanol–water partition coefficient (Wildman–Crippen LogP) is 2.90. The van der Waals surface area contributed by atoms with Crippen molar-refractivity contribution in [3.63, 3.8) is 0 Å². The van der Waals surface area contributed by atoms with E-state index < -0.39 is 35.7 Å². The lowest BCUT2D eigenvalue weighted by atomic mass is 10.2. The van der Waals surface area contributed by atoms with Crippen molar-refractivity contribution in [3.8, 4) is 5.75 Å². The van der Waals surface area contributed by atoms with Gasteiger partial charge in [-0.3, -0.25) is 14.5 Å². The molecule has 8 nitrogen and oxygen atoms in total. The van der Waals surface area contributed by atoms with Gasteiger partial charge in [0.2, 0.25) is 0 Å². The highest BCUT2D eigenvalue weighted by Crippen LogP contribution is 2.35. The van der Waals surface area contributed by atoms with Gasteiger partial charge in [-0.1, -0.05) is 6.07 Å². The number of benzene rings is 1. The molecule has 1 heterocycles. The van der Waals surface area contributed by atoms with Crippen LogP contribution in [0.1, 0.15) is 19.4 Å². The van der Waals surface area contributed by atoms with Crippen LogP contribution >= 0.6 is 27.7 Å². The lowest BCUT2D eigenvalue weighted by molar-refractivity contribution is -0.150. The highest BCUT2D eigenvalue weighted by molar-refractivity contribution is 9.10. The van der Waals surface area contributed by atoms with Gasteiger partial charge in [0.1, 0.15) is 11.8 Å². The molecule has 1 aromatic carbocycles. The largest absolute Gasteiger partial charge is 0.481 e. The van der Waals surface area contributed by atoms with Crippen molar-refractivity contribution in [3.05, 3.63) is 33.1 Å². The van der Waals surface area contributed by atoms with Crippen molar-refractivity contribution >= 4 is 56.9 Å². The van der Waals surface area contributed by atoms with Crippen molar-refractivity contribution in [2.45, 2.75) is 19.9 Å². The van der Waals surface area contributed by atoms with Gasteiger partial charge in [-0.2, -0.15) is 0 Å². The van der Waals surface area contributed by atoms with E-state index in [1.54, 1.807) is 25.1 Å². The number of thioether (sulfide) groups is 1. The third-order valence-electron chi connectivity index (χ3n) is 3.44. The number of esters is 1. The fourth-order valence-corrected chi connectivity index (χ4v) is 3.62. The molecule has 10 heteroatoms. The van der Waals surface area contributed by atoms with Gasteiger partial charge >= 0.3 is 11.9 Å². The maximum atomic E-state index is 12.5. The minimum atomic E-state index is -1.10. The van der Waals surface area contributed by atoms with Gasteiger partial charge in [0, 0.05) is 0 Å². The first-order chi connectivity index (χ1) is 12.7. The number of carbonyl (C=O) groups is 4. The van der Waals surface area contributed by atoms with Gasteiger partial charge in [-0.15, -0.1) is 0 Å². The molecule has 1 fully saturated rings. The second-order valence-electron chi connectivity index (χ2n) is 5.35. The number of carboxylic acid groups (broad SMARTS) is 1. The number of carboxylic acids is 1. The average Bonchev–Trinajstić information content (AvgIpc) is 2.87. The molecule has 2 rings (SSSR count). The van der Waals surface area contributed by atoms with Crippen molar-refractivity contribution in [1.82, 2.24) is 4.90 Å². The van der Waals surface area contributed by atoms with E-state index in [2.05, 4.69) is 15.9 Å². The molecule has 1 N–H and O–H groups in total. The summed E-state index contributed by atoms with van der Waals surface area (Å²) in [5, 5.41) is 8.10. The number of hydrogen-bond acceptors (Lipinski definition) is 7. The van der Waals surface area contributed by atoms with Crippen LogP contribution in [0.5, 0.6) is 5.75 Å². The Morgan fingerprint density at radius 1 is 1.37 bits per heavy atom. The number of ether oxygens (including phenoxy) is 2. The van der Waals surface area contributed by atoms with Crippen LogP contribution in [-0.2, 0) is 19.1 Å². The smallest absolute Gasteiger partial charge is 0.341 e. The molecular weight excluding hydrogens is 442 g/mol. The molecule has 27 heavy (non-hydrogen) atoms. The third kappa shape index (κ3) is 5.10. The maximum Gasteiger partial charge on any atom is 0.341 e. The molecule has 1 aliphatic heterocycles. The molecule has 0 bridgehead atoms. The molecule has 1 aliphatic rings. The lowest BCUT2D eigenvalue weighted by Crippen LogP contribution is -2.42. The number of nitrogens with zero attached hydrogens (tertiary/aromatic N) is 1. The molecule has 144 valence electrons. The van der Waals surface area contributed by atoms with Crippen LogP contribution in [0.3, 0.4) is 0 Å². The normalized spacial score (nSPS) is 16.6. The minimum absolute atomic E-state index is 0.152. The summed E-state index contributed by atoms with van der Waals surface area (Å²) >= 11 is 4.00. The van der Waals surface area contributed by atoms with Crippen LogP contribution in [0, 0.1) is 0 Å². The molecule has 0 saturated carbocycles. The summed E-state index contributed by atoms with van der Waals surface area (Å²) in [5.41, 5.74) is 0.596. The van der Waals surface area contributed by atoms with E-state index >= 15 is 0 Å². The molecule has 1 atom stereocenters. The zero-order valence-corrected chi connectivity index (χ0v) is 16.8. The quantitative estimate of drug-likeness (QED) is 0.491. The summed E-state index contributed by atoms with van der Waals surface area (Å²) in [6, 6.07) is 3.77. The van der Waals surface area contributed by atoms with Crippen molar-refractivity contribution < 1.29 is 33.8 Å². The van der Waals surface area contributed by atoms with Gasteiger partial charge in [0.25, 0.3) is 11.1 Å². The number of rotatable bonds is 7. The van der Waals surface area contributed by atoms with Crippen LogP contribution in [-0.4, -0.2) is 52.3 Å². The summed E-state index contributed by atoms with van der Waals surface area (Å²) in [7, 11) is 0. The maximum absolute atomic E-state index is 12.5. The summed E-state index contributed by atoms with van der Waals surface area (Å²) < 4.78 is 10.5. The monoisotopic (exact) mass is 457 g/mol. The topological polar surface area (TPSA) is 110 Å². The van der Waals surface area contributed by atoms with Gasteiger partial charge in [-0.25, -0.2) is 9.59 Å². The molecule has 1 aromatic rings. The van der Waals surface area contributed by atoms with Gasteiger partial charge < -0.3 is 14.6 Å². The van der Waals surface area contributed by atoms with E-state index in [1.165, 1.54) is 13.0 Å². The summed E-state index contributed by atoms with van der Waals surface area (Å²) in [6.45, 7) is 2.74. The number of hydrogen-bond donors (Lipinski definition) is 1. The van der Waals surface area contributed by atoms with Crippen LogP contribution in [0.2, 0.25) is 0 Å². The van der Waals surface area contributed by atoms with Gasteiger partial charge in [-0.05, 0) is 65.3 Å². The first-order valence-electron chi connectivity index (χ1n) is 7.82. The van der Waals surface area contributed by atoms with Crippen molar-refractivity contribution in [2.75, 3.05) is 13.2 Å². The molecule has 2 amide bonds. The Labute approximate surface area is 167 Å². The number of halogens is 1. The van der Waals surface area contributed by atoms with E-state index in [4.69, 9.17) is 14.6 Å². The first-order valence-corrected chi connectivity index (χ1v) is 9.43. The van der Waals surface area contributed by atoms with Crippen molar-refractivity contribution in [2.24, 2.45) is 0 Å². The van der Waals surface area contributed by atoms with Crippen LogP contribution < -0.4 is 4.74 Å². The Morgan fingerprint density at radius 3 is 2.67 bits per heavy atom. The van der Waals surface area contributed by atoms with Crippen LogP contribution in [0.15, 0.2) is 27.6 Å².